The van der Waals surface area contributed by atoms with Crippen LogP contribution in [0.1, 0.15) is 70.4 Å². The third kappa shape index (κ3) is 5.71. The van der Waals surface area contributed by atoms with Gasteiger partial charge in [0.15, 0.2) is 11.6 Å². The molecule has 0 fully saturated rings. The summed E-state index contributed by atoms with van der Waals surface area (Å²) in [6.07, 6.45) is 1.26. The van der Waals surface area contributed by atoms with Crippen LogP contribution < -0.4 is 4.18 Å². The highest BCUT2D eigenvalue weighted by molar-refractivity contribution is 9.10. The van der Waals surface area contributed by atoms with Gasteiger partial charge >= 0.3 is 16.1 Å². The van der Waals surface area contributed by atoms with Gasteiger partial charge in [-0.2, -0.15) is 8.42 Å². The number of allylic oxidation sites excluding steroid dienone is 4. The van der Waals surface area contributed by atoms with Crippen molar-refractivity contribution in [3.8, 4) is 5.75 Å². The number of ketones is 2. The molecule has 0 atom stereocenters. The molecule has 1 N–H and O–H groups in total. The summed E-state index contributed by atoms with van der Waals surface area (Å²) in [5.74, 6) is -2.37. The molecule has 42 heavy (non-hydrogen) atoms. The van der Waals surface area contributed by atoms with Crippen molar-refractivity contribution in [2.45, 2.75) is 71.1 Å². The Morgan fingerprint density at radius 3 is 1.95 bits per heavy atom. The Labute approximate surface area is 254 Å². The van der Waals surface area contributed by atoms with Crippen molar-refractivity contribution >= 4 is 43.6 Å². The van der Waals surface area contributed by atoms with Gasteiger partial charge in [0.05, 0.1) is 0 Å². The van der Waals surface area contributed by atoms with E-state index in [1.54, 1.807) is 29.2 Å². The zero-order valence-corrected chi connectivity index (χ0v) is 26.7. The summed E-state index contributed by atoms with van der Waals surface area (Å²) in [6, 6.07) is 11.1. The number of carboxylic acids is 1. The molecule has 2 aromatic rings. The number of halogens is 1. The molecule has 3 aliphatic rings. The first-order valence-electron chi connectivity index (χ1n) is 13.8. The Balaban J connectivity index is 1.76. The zero-order valence-electron chi connectivity index (χ0n) is 24.3. The number of aryl methyl sites for hydroxylation is 1. The van der Waals surface area contributed by atoms with Crippen molar-refractivity contribution in [3.05, 3.63) is 80.6 Å². The lowest BCUT2D eigenvalue weighted by atomic mass is 9.63. The number of carbonyl (C=O) groups excluding carboxylic acids is 2. The topological polar surface area (TPSA) is 118 Å². The van der Waals surface area contributed by atoms with Gasteiger partial charge in [-0.25, -0.2) is 0 Å². The van der Waals surface area contributed by atoms with Gasteiger partial charge in [-0.1, -0.05) is 61.3 Å². The Bertz CT molecular complexity index is 1630. The van der Waals surface area contributed by atoms with Crippen molar-refractivity contribution in [2.24, 2.45) is 10.8 Å². The van der Waals surface area contributed by atoms with Gasteiger partial charge in [0.2, 0.25) is 0 Å². The predicted octanol–water partition coefficient (Wildman–Crippen LogP) is 6.30. The highest BCUT2D eigenvalue weighted by atomic mass is 79.9. The molecule has 0 amide bonds. The molecule has 0 bridgehead atoms. The third-order valence-electron chi connectivity index (χ3n) is 8.11. The van der Waals surface area contributed by atoms with Crippen LogP contribution in [0.4, 0.5) is 0 Å². The van der Waals surface area contributed by atoms with Gasteiger partial charge in [-0.05, 0) is 60.9 Å². The van der Waals surface area contributed by atoms with Gasteiger partial charge < -0.3 is 14.2 Å². The maximum absolute atomic E-state index is 14.0. The van der Waals surface area contributed by atoms with Crippen LogP contribution in [0.2, 0.25) is 0 Å². The maximum atomic E-state index is 14.0. The first kappa shape index (κ1) is 30.2. The summed E-state index contributed by atoms with van der Waals surface area (Å²) in [6.45, 7) is 9.31. The summed E-state index contributed by atoms with van der Waals surface area (Å²) in [5.41, 5.74) is 2.18. The van der Waals surface area contributed by atoms with Crippen LogP contribution in [0, 0.1) is 17.8 Å². The summed E-state index contributed by atoms with van der Waals surface area (Å²) >= 11 is 3.49. The lowest BCUT2D eigenvalue weighted by molar-refractivity contribution is -0.138. The number of carbonyl (C=O) groups is 3. The largest absolute Gasteiger partial charge is 0.480 e. The zero-order chi connectivity index (χ0) is 30.8. The molecule has 10 heteroatoms. The lowest BCUT2D eigenvalue weighted by Crippen LogP contribution is -2.45. The van der Waals surface area contributed by atoms with E-state index in [-0.39, 0.29) is 41.6 Å². The number of aliphatic carboxylic acids is 1. The van der Waals surface area contributed by atoms with E-state index < -0.39 is 32.8 Å². The first-order valence-corrected chi connectivity index (χ1v) is 16.0. The summed E-state index contributed by atoms with van der Waals surface area (Å²) in [4.78, 5) is 41.7. The molecule has 0 saturated carbocycles. The molecule has 0 saturated heterocycles. The number of Topliss-reactive ketones (excluding diaryl/α,β-unsaturated/α-hetero) is 2. The van der Waals surface area contributed by atoms with E-state index in [0.717, 1.165) is 5.56 Å². The van der Waals surface area contributed by atoms with Gasteiger partial charge in [0.25, 0.3) is 0 Å². The highest BCUT2D eigenvalue weighted by Gasteiger charge is 2.50. The number of carboxylic acid groups (broad SMARTS) is 1. The maximum Gasteiger partial charge on any atom is 0.339 e. The van der Waals surface area contributed by atoms with Crippen LogP contribution >= 0.6 is 15.9 Å². The summed E-state index contributed by atoms with van der Waals surface area (Å²) in [7, 11) is -4.26. The van der Waals surface area contributed by atoms with Gasteiger partial charge in [-0.3, -0.25) is 14.4 Å². The third-order valence-corrected chi connectivity index (χ3v) is 9.85. The van der Waals surface area contributed by atoms with Crippen LogP contribution in [0.3, 0.4) is 0 Å². The summed E-state index contributed by atoms with van der Waals surface area (Å²) < 4.78 is 33.2. The predicted molar refractivity (Wildman–Crippen MR) is 160 cm³/mol. The minimum absolute atomic E-state index is 0.00410. The fraction of sp³-hybridized carbons (Fsp3) is 0.406. The second kappa shape index (κ2) is 10.5. The normalized spacial score (nSPS) is 20.4. The minimum Gasteiger partial charge on any atom is -0.480 e. The molecule has 0 spiro atoms. The SMILES string of the molecule is Cc1ccc(S(=O)(=O)Oc2ccc(Br)cc2C2C3=C(CC(C)(C)CC3=O)N(CC(=O)O)C3=C2C(=O)CC(C)(C)C3)cc1. The Hall–Kier alpha value is -3.24. The molecular weight excluding hydrogens is 622 g/mol. The molecule has 2 aromatic carbocycles. The van der Waals surface area contributed by atoms with Crippen molar-refractivity contribution in [1.29, 1.82) is 0 Å². The molecule has 0 unspecified atom stereocenters. The van der Waals surface area contributed by atoms with Crippen molar-refractivity contribution in [2.75, 3.05) is 6.54 Å². The first-order chi connectivity index (χ1) is 19.5. The molecule has 0 radical (unpaired) electrons. The van der Waals surface area contributed by atoms with Gasteiger partial charge in [0.1, 0.15) is 17.2 Å². The number of benzene rings is 2. The van der Waals surface area contributed by atoms with Crippen molar-refractivity contribution < 1.29 is 32.1 Å². The van der Waals surface area contributed by atoms with Crippen LogP contribution in [0.25, 0.3) is 0 Å². The van der Waals surface area contributed by atoms with E-state index in [1.807, 2.05) is 34.6 Å². The van der Waals surface area contributed by atoms with Crippen LogP contribution in [0.15, 0.2) is 74.4 Å². The molecule has 1 heterocycles. The lowest BCUT2D eigenvalue weighted by Gasteiger charge is -2.48. The fourth-order valence-corrected chi connectivity index (χ4v) is 7.71. The van der Waals surface area contributed by atoms with Crippen LogP contribution in [-0.4, -0.2) is 42.5 Å². The van der Waals surface area contributed by atoms with E-state index in [1.165, 1.54) is 18.2 Å². The van der Waals surface area contributed by atoms with E-state index >= 15 is 0 Å². The Morgan fingerprint density at radius 1 is 0.929 bits per heavy atom. The molecule has 5 rings (SSSR count). The van der Waals surface area contributed by atoms with E-state index in [4.69, 9.17) is 4.18 Å². The monoisotopic (exact) mass is 655 g/mol. The standard InChI is InChI=1S/C32H34BrNO7S/c1-18-6-9-20(10-7-18)42(39,40)41-26-11-8-19(33)12-21(26)28-29-22(13-31(2,3)15-24(29)35)34(17-27(37)38)23-14-32(4,5)16-25(36)30(23)28/h6-12,28H,13-17H2,1-5H3,(H,37,38). The number of nitrogens with zero attached hydrogens (tertiary/aromatic N) is 1. The Morgan fingerprint density at radius 2 is 1.45 bits per heavy atom. The fourth-order valence-electron chi connectivity index (χ4n) is 6.38. The molecule has 2 aliphatic carbocycles. The second-order valence-corrected chi connectivity index (χ2v) is 15.5. The second-order valence-electron chi connectivity index (χ2n) is 13.0. The van der Waals surface area contributed by atoms with Gasteiger partial charge in [-0.15, -0.1) is 0 Å². The number of hydrogen-bond donors (Lipinski definition) is 1. The molecule has 8 nitrogen and oxygen atoms in total. The highest BCUT2D eigenvalue weighted by Crippen LogP contribution is 2.55. The molecule has 222 valence electrons. The van der Waals surface area contributed by atoms with E-state index in [2.05, 4.69) is 15.9 Å². The Kier molecular flexibility index (Phi) is 7.55. The molecule has 0 aromatic heterocycles. The smallest absolute Gasteiger partial charge is 0.339 e. The van der Waals surface area contributed by atoms with Gasteiger partial charge in [0, 0.05) is 51.3 Å². The van der Waals surface area contributed by atoms with Crippen LogP contribution in [0.5, 0.6) is 5.75 Å². The number of hydrogen-bond acceptors (Lipinski definition) is 7. The van der Waals surface area contributed by atoms with Crippen LogP contribution in [-0.2, 0) is 24.5 Å². The average molecular weight is 657 g/mol. The summed E-state index contributed by atoms with van der Waals surface area (Å²) in [5, 5.41) is 9.91. The average Bonchev–Trinajstić information content (AvgIpc) is 2.84. The van der Waals surface area contributed by atoms with Crippen molar-refractivity contribution in [1.82, 2.24) is 4.90 Å². The number of rotatable bonds is 6. The minimum atomic E-state index is -4.26. The van der Waals surface area contributed by atoms with E-state index in [0.29, 0.717) is 45.4 Å². The quantitative estimate of drug-likeness (QED) is 0.361. The molecule has 1 aliphatic heterocycles. The molecular formula is C32H34BrNO7S. The van der Waals surface area contributed by atoms with Crippen molar-refractivity contribution in [3.63, 3.8) is 0 Å². The van der Waals surface area contributed by atoms with E-state index in [9.17, 15) is 27.9 Å².